The maximum atomic E-state index is 12.4. The standard InChI is InChI=1S/C17H19N5O5/c18-17(21-22(26)27)19-9-3-6-14(16(24)25)20-15(23)13-8-7-11-4-1-2-5-12(11)10-13/h1-2,4-5,7-8,10,14H,3,6,9H2,(H,20,23)(H,24,25)(H3,18,19,21)/t14-/m1/s1. The van der Waals surface area contributed by atoms with E-state index in [1.807, 2.05) is 24.3 Å². The fourth-order valence-corrected chi connectivity index (χ4v) is 2.48. The molecule has 0 aliphatic rings. The minimum Gasteiger partial charge on any atom is -0.480 e. The second kappa shape index (κ2) is 9.13. The van der Waals surface area contributed by atoms with Gasteiger partial charge in [-0.05, 0) is 35.7 Å². The lowest BCUT2D eigenvalue weighted by Crippen LogP contribution is -2.41. The predicted molar refractivity (Wildman–Crippen MR) is 98.7 cm³/mol. The Hall–Kier alpha value is -3.69. The van der Waals surface area contributed by atoms with E-state index >= 15 is 0 Å². The van der Waals surface area contributed by atoms with E-state index in [2.05, 4.69) is 15.7 Å². The number of carboxylic acid groups (broad SMARTS) is 1. The second-order valence-corrected chi connectivity index (χ2v) is 5.72. The van der Waals surface area contributed by atoms with Gasteiger partial charge in [0.2, 0.25) is 0 Å². The highest BCUT2D eigenvalue weighted by Crippen LogP contribution is 2.15. The van der Waals surface area contributed by atoms with Gasteiger partial charge in [-0.1, -0.05) is 30.3 Å². The Morgan fingerprint density at radius 3 is 2.59 bits per heavy atom. The Morgan fingerprint density at radius 1 is 1.22 bits per heavy atom. The highest BCUT2D eigenvalue weighted by Gasteiger charge is 2.20. The molecule has 5 N–H and O–H groups in total. The van der Waals surface area contributed by atoms with E-state index in [1.54, 1.807) is 18.2 Å². The van der Waals surface area contributed by atoms with Crippen LogP contribution in [0.2, 0.25) is 0 Å². The van der Waals surface area contributed by atoms with Gasteiger partial charge in [0.05, 0.1) is 0 Å². The summed E-state index contributed by atoms with van der Waals surface area (Å²) in [6.45, 7) is 0.179. The minimum atomic E-state index is -1.17. The maximum Gasteiger partial charge on any atom is 0.326 e. The van der Waals surface area contributed by atoms with E-state index in [9.17, 15) is 24.8 Å². The van der Waals surface area contributed by atoms with Crippen molar-refractivity contribution in [2.45, 2.75) is 18.9 Å². The fraction of sp³-hybridized carbons (Fsp3) is 0.235. The number of fused-ring (bicyclic) bond motifs is 1. The molecule has 0 saturated heterocycles. The average Bonchev–Trinajstić information content (AvgIpc) is 2.62. The van der Waals surface area contributed by atoms with E-state index in [0.717, 1.165) is 10.8 Å². The molecule has 0 bridgehead atoms. The van der Waals surface area contributed by atoms with Crippen LogP contribution in [-0.4, -0.2) is 40.6 Å². The summed E-state index contributed by atoms with van der Waals surface area (Å²) in [4.78, 5) is 33.9. The number of carbonyl (C=O) groups is 2. The van der Waals surface area contributed by atoms with Crippen LogP contribution in [0.3, 0.4) is 0 Å². The number of amides is 1. The summed E-state index contributed by atoms with van der Waals surface area (Å²) in [6.07, 6.45) is 0.427. The molecule has 0 saturated carbocycles. The molecule has 1 atom stereocenters. The van der Waals surface area contributed by atoms with Crippen LogP contribution in [0.4, 0.5) is 0 Å². The number of benzene rings is 2. The van der Waals surface area contributed by atoms with Crippen LogP contribution in [0.5, 0.6) is 0 Å². The number of hydrazone groups is 1. The van der Waals surface area contributed by atoms with Gasteiger partial charge in [0.1, 0.15) is 11.1 Å². The zero-order valence-electron chi connectivity index (χ0n) is 14.3. The second-order valence-electron chi connectivity index (χ2n) is 5.72. The summed E-state index contributed by atoms with van der Waals surface area (Å²) < 4.78 is 0. The number of rotatable bonds is 8. The number of aliphatic carboxylic acids is 1. The van der Waals surface area contributed by atoms with Gasteiger partial charge in [0, 0.05) is 12.1 Å². The molecule has 0 aliphatic heterocycles. The van der Waals surface area contributed by atoms with Crippen molar-refractivity contribution in [2.75, 3.05) is 6.54 Å². The van der Waals surface area contributed by atoms with E-state index in [0.29, 0.717) is 12.0 Å². The van der Waals surface area contributed by atoms with Crippen molar-refractivity contribution in [2.24, 2.45) is 10.8 Å². The number of hydrogen-bond acceptors (Lipinski definition) is 4. The topological polar surface area (TPSA) is 160 Å². The molecule has 0 fully saturated rings. The number of carbonyl (C=O) groups excluding carboxylic acids is 1. The molecule has 0 unspecified atom stereocenters. The molecule has 0 spiro atoms. The molecule has 0 aliphatic carbocycles. The van der Waals surface area contributed by atoms with Crippen LogP contribution in [0, 0.1) is 10.1 Å². The molecule has 27 heavy (non-hydrogen) atoms. The summed E-state index contributed by atoms with van der Waals surface area (Å²) >= 11 is 0. The Morgan fingerprint density at radius 2 is 1.93 bits per heavy atom. The summed E-state index contributed by atoms with van der Waals surface area (Å²) in [6, 6.07) is 11.5. The molecule has 0 radical (unpaired) electrons. The van der Waals surface area contributed by atoms with Crippen LogP contribution in [-0.2, 0) is 4.79 Å². The van der Waals surface area contributed by atoms with Gasteiger partial charge in [0.25, 0.3) is 11.9 Å². The summed E-state index contributed by atoms with van der Waals surface area (Å²) in [5, 5.41) is 28.2. The van der Waals surface area contributed by atoms with Gasteiger partial charge in [-0.2, -0.15) is 0 Å². The van der Waals surface area contributed by atoms with Crippen LogP contribution in [0.1, 0.15) is 23.2 Å². The van der Waals surface area contributed by atoms with Crippen molar-refractivity contribution in [3.05, 3.63) is 58.1 Å². The SMILES string of the molecule is N/C(=N/[N+](=O)[O-])NCCC[C@@H](NC(=O)c1ccc2ccccc2c1)C(=O)O. The molecule has 10 nitrogen and oxygen atoms in total. The van der Waals surface area contributed by atoms with Gasteiger partial charge in [-0.3, -0.25) is 4.79 Å². The molecule has 2 aromatic carbocycles. The first-order valence-electron chi connectivity index (χ1n) is 8.11. The quantitative estimate of drug-likeness (QED) is 0.176. The van der Waals surface area contributed by atoms with E-state index in [4.69, 9.17) is 5.73 Å². The monoisotopic (exact) mass is 373 g/mol. The van der Waals surface area contributed by atoms with Crippen molar-refractivity contribution in [1.82, 2.24) is 10.6 Å². The van der Waals surface area contributed by atoms with Crippen molar-refractivity contribution in [1.29, 1.82) is 0 Å². The lowest BCUT2D eigenvalue weighted by molar-refractivity contribution is -0.485. The van der Waals surface area contributed by atoms with Crippen molar-refractivity contribution in [3.63, 3.8) is 0 Å². The molecule has 10 heteroatoms. The zero-order chi connectivity index (χ0) is 19.8. The fourth-order valence-electron chi connectivity index (χ4n) is 2.48. The summed E-state index contributed by atoms with van der Waals surface area (Å²) in [5.41, 5.74) is 5.63. The molecular weight excluding hydrogens is 354 g/mol. The number of nitrogens with one attached hydrogen (secondary N) is 2. The van der Waals surface area contributed by atoms with Crippen molar-refractivity contribution >= 4 is 28.6 Å². The van der Waals surface area contributed by atoms with Crippen LogP contribution >= 0.6 is 0 Å². The molecule has 2 rings (SSSR count). The molecular formula is C17H19N5O5. The predicted octanol–water partition coefficient (Wildman–Crippen LogP) is 0.899. The molecule has 1 amide bonds. The lowest BCUT2D eigenvalue weighted by atomic mass is 10.1. The van der Waals surface area contributed by atoms with E-state index < -0.39 is 23.0 Å². The van der Waals surface area contributed by atoms with Gasteiger partial charge in [-0.15, -0.1) is 0 Å². The highest BCUT2D eigenvalue weighted by molar-refractivity contribution is 6.00. The number of hydrogen-bond donors (Lipinski definition) is 4. The minimum absolute atomic E-state index is 0.118. The number of nitrogens with zero attached hydrogens (tertiary/aromatic N) is 2. The number of nitro groups is 1. The molecule has 0 heterocycles. The molecule has 2 aromatic rings. The van der Waals surface area contributed by atoms with Gasteiger partial charge in [0.15, 0.2) is 5.03 Å². The third-order valence-electron chi connectivity index (χ3n) is 3.78. The van der Waals surface area contributed by atoms with Gasteiger partial charge in [-0.25, -0.2) is 14.9 Å². The smallest absolute Gasteiger partial charge is 0.326 e. The average molecular weight is 373 g/mol. The highest BCUT2D eigenvalue weighted by atomic mass is 16.7. The Bertz CT molecular complexity index is 883. The van der Waals surface area contributed by atoms with Crippen LogP contribution < -0.4 is 16.4 Å². The molecule has 0 aromatic heterocycles. The Kier molecular flexibility index (Phi) is 6.64. The summed E-state index contributed by atoms with van der Waals surface area (Å²) in [5.74, 6) is -2.03. The summed E-state index contributed by atoms with van der Waals surface area (Å²) in [7, 11) is 0. The van der Waals surface area contributed by atoms with Crippen LogP contribution in [0.25, 0.3) is 10.8 Å². The number of guanidine groups is 1. The first kappa shape index (κ1) is 19.6. The first-order valence-corrected chi connectivity index (χ1v) is 8.11. The largest absolute Gasteiger partial charge is 0.480 e. The maximum absolute atomic E-state index is 12.4. The van der Waals surface area contributed by atoms with Crippen LogP contribution in [0.15, 0.2) is 47.6 Å². The van der Waals surface area contributed by atoms with Gasteiger partial charge >= 0.3 is 5.97 Å². The molecule has 142 valence electrons. The Labute approximate surface area is 154 Å². The van der Waals surface area contributed by atoms with Crippen molar-refractivity contribution in [3.8, 4) is 0 Å². The normalized spacial score (nSPS) is 12.4. The Balaban J connectivity index is 1.93. The van der Waals surface area contributed by atoms with Gasteiger partial charge < -0.3 is 21.5 Å². The van der Waals surface area contributed by atoms with E-state index in [-0.39, 0.29) is 18.9 Å². The lowest BCUT2D eigenvalue weighted by Gasteiger charge is -2.15. The number of carboxylic acids is 1. The third-order valence-corrected chi connectivity index (χ3v) is 3.78. The first-order chi connectivity index (χ1) is 12.9. The number of nitrogens with two attached hydrogens (primary N) is 1. The van der Waals surface area contributed by atoms with E-state index in [1.165, 1.54) is 0 Å². The van der Waals surface area contributed by atoms with Crippen molar-refractivity contribution < 1.29 is 19.7 Å². The third kappa shape index (κ3) is 5.96. The zero-order valence-corrected chi connectivity index (χ0v) is 14.3.